The van der Waals surface area contributed by atoms with Gasteiger partial charge in [0.1, 0.15) is 12.2 Å². The van der Waals surface area contributed by atoms with Gasteiger partial charge in [-0.2, -0.15) is 0 Å². The molecule has 0 heterocycles. The Hall–Kier alpha value is -3.82. The fourth-order valence-corrected chi connectivity index (χ4v) is 3.73. The van der Waals surface area contributed by atoms with Gasteiger partial charge >= 0.3 is 11.9 Å². The van der Waals surface area contributed by atoms with Gasteiger partial charge in [-0.05, 0) is 49.9 Å². The van der Waals surface area contributed by atoms with Crippen LogP contribution in [0.15, 0.2) is 24.3 Å². The van der Waals surface area contributed by atoms with Gasteiger partial charge in [-0.3, -0.25) is 0 Å². The molecule has 0 aromatic heterocycles. The van der Waals surface area contributed by atoms with E-state index in [4.69, 9.17) is 28.4 Å². The van der Waals surface area contributed by atoms with Crippen molar-refractivity contribution in [2.75, 3.05) is 28.4 Å². The molecule has 0 unspecified atom stereocenters. The maximum absolute atomic E-state index is 12.6. The molecule has 0 amide bonds. The molecule has 0 bridgehead atoms. The highest BCUT2D eigenvalue weighted by atomic mass is 16.6. The molecule has 184 valence electrons. The Labute approximate surface area is 196 Å². The van der Waals surface area contributed by atoms with Crippen molar-refractivity contribution < 1.29 is 48.2 Å². The molecule has 1 fully saturated rings. The van der Waals surface area contributed by atoms with Crippen molar-refractivity contribution in [3.8, 4) is 34.5 Å². The fourth-order valence-electron chi connectivity index (χ4n) is 3.73. The Morgan fingerprint density at radius 1 is 0.618 bits per heavy atom. The highest BCUT2D eigenvalue weighted by Gasteiger charge is 2.28. The van der Waals surface area contributed by atoms with Crippen LogP contribution in [0.4, 0.5) is 0 Å². The van der Waals surface area contributed by atoms with E-state index in [1.54, 1.807) is 0 Å². The van der Waals surface area contributed by atoms with E-state index in [1.807, 2.05) is 0 Å². The van der Waals surface area contributed by atoms with Gasteiger partial charge in [0, 0.05) is 0 Å². The normalized spacial score (nSPS) is 17.4. The molecule has 1 aliphatic carbocycles. The Bertz CT molecular complexity index is 907. The first-order valence-electron chi connectivity index (χ1n) is 10.6. The van der Waals surface area contributed by atoms with Crippen molar-refractivity contribution in [3.05, 3.63) is 35.4 Å². The molecular weight excluding hydrogens is 448 g/mol. The number of rotatable bonds is 8. The Kier molecular flexibility index (Phi) is 7.93. The summed E-state index contributed by atoms with van der Waals surface area (Å²) in [6.07, 6.45) is 1.36. The van der Waals surface area contributed by atoms with E-state index in [1.165, 1.54) is 52.7 Å². The minimum absolute atomic E-state index is 0.101. The van der Waals surface area contributed by atoms with E-state index in [9.17, 15) is 19.8 Å². The van der Waals surface area contributed by atoms with Gasteiger partial charge in [-0.25, -0.2) is 9.59 Å². The third-order valence-corrected chi connectivity index (χ3v) is 5.60. The van der Waals surface area contributed by atoms with Crippen LogP contribution >= 0.6 is 0 Å². The Balaban J connectivity index is 1.58. The molecule has 2 aromatic rings. The third kappa shape index (κ3) is 5.38. The third-order valence-electron chi connectivity index (χ3n) is 5.60. The number of carbonyl (C=O) groups is 2. The van der Waals surface area contributed by atoms with Gasteiger partial charge < -0.3 is 38.6 Å². The van der Waals surface area contributed by atoms with Gasteiger partial charge in [-0.15, -0.1) is 0 Å². The van der Waals surface area contributed by atoms with Crippen LogP contribution in [-0.2, 0) is 9.47 Å². The van der Waals surface area contributed by atoms with Crippen LogP contribution in [0.3, 0.4) is 0 Å². The molecule has 10 heteroatoms. The summed E-state index contributed by atoms with van der Waals surface area (Å²) in [5.74, 6) is -1.14. The molecular formula is C24H28O10. The number of phenols is 2. The molecule has 3 rings (SSSR count). The number of benzene rings is 2. The van der Waals surface area contributed by atoms with Crippen LogP contribution in [0.5, 0.6) is 34.5 Å². The quantitative estimate of drug-likeness (QED) is 0.546. The van der Waals surface area contributed by atoms with Crippen molar-refractivity contribution in [1.82, 2.24) is 0 Å². The summed E-state index contributed by atoms with van der Waals surface area (Å²) in [5, 5.41) is 20.0. The average molecular weight is 476 g/mol. The number of methoxy groups -OCH3 is 4. The molecule has 0 spiro atoms. The molecule has 0 aliphatic heterocycles. The second-order valence-corrected chi connectivity index (χ2v) is 7.67. The van der Waals surface area contributed by atoms with Crippen molar-refractivity contribution in [2.24, 2.45) is 0 Å². The SMILES string of the molecule is COc1cc(C(=O)OC2CCC(OC(=O)c3cc(OC)c(O)c(OC)c3)CC2)cc(OC)c1O. The fraction of sp³-hybridized carbons (Fsp3) is 0.417. The van der Waals surface area contributed by atoms with Gasteiger partial charge in [0.05, 0.1) is 39.6 Å². The predicted molar refractivity (Wildman–Crippen MR) is 119 cm³/mol. The standard InChI is InChI=1S/C24H28O10/c1-29-17-9-13(10-18(30-2)21(17)25)23(27)33-15-5-7-16(8-6-15)34-24(28)14-11-19(31-3)22(26)20(12-14)32-4/h9-12,15-16,25-26H,5-8H2,1-4H3. The lowest BCUT2D eigenvalue weighted by atomic mass is 9.94. The molecule has 10 nitrogen and oxygen atoms in total. The first-order chi connectivity index (χ1) is 16.3. The van der Waals surface area contributed by atoms with Crippen molar-refractivity contribution in [1.29, 1.82) is 0 Å². The van der Waals surface area contributed by atoms with Crippen LogP contribution < -0.4 is 18.9 Å². The highest BCUT2D eigenvalue weighted by molar-refractivity contribution is 5.92. The zero-order chi connectivity index (χ0) is 24.8. The molecule has 1 aliphatic rings. The first-order valence-corrected chi connectivity index (χ1v) is 10.6. The van der Waals surface area contributed by atoms with Crippen LogP contribution in [0, 0.1) is 0 Å². The second-order valence-electron chi connectivity index (χ2n) is 7.67. The van der Waals surface area contributed by atoms with E-state index in [2.05, 4.69) is 0 Å². The Morgan fingerprint density at radius 2 is 0.882 bits per heavy atom. The molecule has 1 saturated carbocycles. The number of hydrogen-bond donors (Lipinski definition) is 2. The lowest BCUT2D eigenvalue weighted by Gasteiger charge is -2.28. The lowest BCUT2D eigenvalue weighted by Crippen LogP contribution is -2.29. The van der Waals surface area contributed by atoms with Gasteiger partial charge in [-0.1, -0.05) is 0 Å². The van der Waals surface area contributed by atoms with Gasteiger partial charge in [0.15, 0.2) is 23.0 Å². The monoisotopic (exact) mass is 476 g/mol. The van der Waals surface area contributed by atoms with Crippen molar-refractivity contribution in [2.45, 2.75) is 37.9 Å². The van der Waals surface area contributed by atoms with E-state index in [0.717, 1.165) is 0 Å². The van der Waals surface area contributed by atoms with Gasteiger partial charge in [0.2, 0.25) is 11.5 Å². The number of carbonyl (C=O) groups excluding carboxylic acids is 2. The predicted octanol–water partition coefficient (Wildman–Crippen LogP) is 3.46. The summed E-state index contributed by atoms with van der Waals surface area (Å²) in [5.41, 5.74) is 0.380. The highest BCUT2D eigenvalue weighted by Crippen LogP contribution is 2.39. The van der Waals surface area contributed by atoms with Crippen LogP contribution in [0.1, 0.15) is 46.4 Å². The zero-order valence-electron chi connectivity index (χ0n) is 19.5. The molecule has 2 aromatic carbocycles. The molecule has 0 radical (unpaired) electrons. The topological polar surface area (TPSA) is 130 Å². The van der Waals surface area contributed by atoms with Crippen LogP contribution in [0.25, 0.3) is 0 Å². The largest absolute Gasteiger partial charge is 0.502 e. The number of esters is 2. The zero-order valence-corrected chi connectivity index (χ0v) is 19.5. The smallest absolute Gasteiger partial charge is 0.338 e. The molecule has 2 N–H and O–H groups in total. The van der Waals surface area contributed by atoms with Crippen molar-refractivity contribution in [3.63, 3.8) is 0 Å². The summed E-state index contributed by atoms with van der Waals surface area (Å²) in [6.45, 7) is 0. The van der Waals surface area contributed by atoms with E-state index in [-0.39, 0.29) is 57.8 Å². The van der Waals surface area contributed by atoms with E-state index < -0.39 is 11.9 Å². The van der Waals surface area contributed by atoms with Crippen LogP contribution in [-0.4, -0.2) is 62.8 Å². The second kappa shape index (κ2) is 10.9. The summed E-state index contributed by atoms with van der Waals surface area (Å²) in [7, 11) is 5.49. The maximum atomic E-state index is 12.6. The number of aromatic hydroxyl groups is 2. The summed E-state index contributed by atoms with van der Waals surface area (Å²) < 4.78 is 31.5. The van der Waals surface area contributed by atoms with E-state index in [0.29, 0.717) is 25.7 Å². The Morgan fingerprint density at radius 3 is 1.12 bits per heavy atom. The minimum Gasteiger partial charge on any atom is -0.502 e. The maximum Gasteiger partial charge on any atom is 0.338 e. The number of phenolic OH excluding ortho intramolecular Hbond substituents is 2. The number of hydrogen-bond acceptors (Lipinski definition) is 10. The average Bonchev–Trinajstić information content (AvgIpc) is 2.85. The summed E-state index contributed by atoms with van der Waals surface area (Å²) in [4.78, 5) is 25.2. The van der Waals surface area contributed by atoms with Gasteiger partial charge in [0.25, 0.3) is 0 Å². The number of ether oxygens (including phenoxy) is 6. The minimum atomic E-state index is -0.569. The molecule has 0 saturated heterocycles. The first kappa shape index (κ1) is 24.8. The van der Waals surface area contributed by atoms with Crippen LogP contribution in [0.2, 0.25) is 0 Å². The van der Waals surface area contributed by atoms with E-state index >= 15 is 0 Å². The van der Waals surface area contributed by atoms with Crippen molar-refractivity contribution >= 4 is 11.9 Å². The summed E-state index contributed by atoms with van der Waals surface area (Å²) >= 11 is 0. The summed E-state index contributed by atoms with van der Waals surface area (Å²) in [6, 6.07) is 5.53. The molecule has 34 heavy (non-hydrogen) atoms. The lowest BCUT2D eigenvalue weighted by molar-refractivity contribution is -0.0109. The molecule has 0 atom stereocenters.